The molecule has 5 heterocycles. The van der Waals surface area contributed by atoms with Gasteiger partial charge >= 0.3 is 0 Å². The monoisotopic (exact) mass is 478 g/mol. The molecular weight excluding hydrogens is 452 g/mol. The van der Waals surface area contributed by atoms with E-state index >= 15 is 0 Å². The van der Waals surface area contributed by atoms with Crippen LogP contribution in [-0.2, 0) is 7.05 Å². The van der Waals surface area contributed by atoms with E-state index in [1.807, 2.05) is 39.0 Å². The van der Waals surface area contributed by atoms with Crippen LogP contribution in [-0.4, -0.2) is 53.8 Å². The summed E-state index contributed by atoms with van der Waals surface area (Å²) in [5, 5.41) is 8.07. The van der Waals surface area contributed by atoms with E-state index in [9.17, 15) is 4.79 Å². The van der Waals surface area contributed by atoms with Crippen LogP contribution in [0, 0.1) is 0 Å². The molecule has 0 radical (unpaired) electrons. The molecule has 0 bridgehead atoms. The molecular formula is C22H26N10OS. The molecule has 5 aromatic heterocycles. The van der Waals surface area contributed by atoms with E-state index in [0.29, 0.717) is 45.9 Å². The van der Waals surface area contributed by atoms with Gasteiger partial charge in [-0.05, 0) is 12.5 Å². The maximum Gasteiger partial charge on any atom is 0.261 e. The van der Waals surface area contributed by atoms with Gasteiger partial charge in [-0.3, -0.25) is 9.48 Å². The smallest absolute Gasteiger partial charge is 0.261 e. The van der Waals surface area contributed by atoms with Crippen molar-refractivity contribution >= 4 is 47.1 Å². The van der Waals surface area contributed by atoms with Crippen LogP contribution in [0.15, 0.2) is 41.7 Å². The summed E-state index contributed by atoms with van der Waals surface area (Å²) in [6.07, 6.45) is 7.61. The van der Waals surface area contributed by atoms with Crippen molar-refractivity contribution < 1.29 is 0 Å². The van der Waals surface area contributed by atoms with E-state index in [-0.39, 0.29) is 25.1 Å². The highest BCUT2D eigenvalue weighted by atomic mass is 32.1. The van der Waals surface area contributed by atoms with Gasteiger partial charge in [0.2, 0.25) is 0 Å². The largest absolute Gasteiger partial charge is 0.372 e. The van der Waals surface area contributed by atoms with Gasteiger partial charge in [0.1, 0.15) is 28.5 Å². The van der Waals surface area contributed by atoms with Crippen LogP contribution >= 0.6 is 13.5 Å². The number of pyridine rings is 2. The molecule has 0 saturated carbocycles. The highest BCUT2D eigenvalue weighted by Gasteiger charge is 2.23. The summed E-state index contributed by atoms with van der Waals surface area (Å²) < 4.78 is 1.67. The molecule has 0 spiro atoms. The molecule has 3 N–H and O–H groups in total. The third kappa shape index (κ3) is 4.07. The quantitative estimate of drug-likeness (QED) is 0.339. The molecule has 0 fully saturated rings. The number of hydrogen-bond acceptors (Lipinski definition) is 8. The average molecular weight is 479 g/mol. The van der Waals surface area contributed by atoms with E-state index in [1.54, 1.807) is 35.5 Å². The Morgan fingerprint density at radius 2 is 1.91 bits per heavy atom. The van der Waals surface area contributed by atoms with Crippen LogP contribution in [0.3, 0.4) is 0 Å². The first kappa shape index (κ1) is 23.2. The Hall–Kier alpha value is -3.93. The summed E-state index contributed by atoms with van der Waals surface area (Å²) in [6, 6.07) is 3.43. The number of aromatic nitrogens is 8. The number of aromatic amines is 2. The van der Waals surface area contributed by atoms with Crippen LogP contribution in [0.1, 0.15) is 25.2 Å². The molecule has 0 aromatic carbocycles. The number of aryl methyl sites for hydroxylation is 1. The van der Waals surface area contributed by atoms with Gasteiger partial charge in [0.25, 0.3) is 5.56 Å². The van der Waals surface area contributed by atoms with Crippen molar-refractivity contribution in [3.63, 3.8) is 0 Å². The average Bonchev–Trinajstić information content (AvgIpc) is 3.39. The van der Waals surface area contributed by atoms with Gasteiger partial charge in [0.15, 0.2) is 0 Å². The van der Waals surface area contributed by atoms with Crippen molar-refractivity contribution in [2.75, 3.05) is 24.3 Å². The fraction of sp³-hybridized carbons (Fsp3) is 0.273. The second-order valence-electron chi connectivity index (χ2n) is 8.02. The van der Waals surface area contributed by atoms with Gasteiger partial charge in [-0.15, -0.1) is 0 Å². The van der Waals surface area contributed by atoms with Crippen LogP contribution < -0.4 is 15.8 Å². The lowest BCUT2D eigenvalue weighted by molar-refractivity contribution is 0.692. The van der Waals surface area contributed by atoms with Gasteiger partial charge < -0.3 is 20.2 Å². The molecule has 1 atom stereocenters. The number of imidazole rings is 1. The van der Waals surface area contributed by atoms with E-state index < -0.39 is 0 Å². The molecule has 34 heavy (non-hydrogen) atoms. The minimum Gasteiger partial charge on any atom is -0.372 e. The SMILES string of the molecule is CC[C@H](Nc1c(-c2nc3cc(N(C)C)ncc3[nH]2)c(=O)[nH]c2cn(C)nc12)c1ncccn1.S. The fourth-order valence-electron chi connectivity index (χ4n) is 3.82. The molecule has 0 amide bonds. The summed E-state index contributed by atoms with van der Waals surface area (Å²) in [6.45, 7) is 2.03. The molecule has 0 unspecified atom stereocenters. The molecule has 11 nitrogen and oxygen atoms in total. The molecule has 0 aliphatic rings. The van der Waals surface area contributed by atoms with Gasteiger partial charge in [0, 0.05) is 45.8 Å². The van der Waals surface area contributed by atoms with Crippen LogP contribution in [0.2, 0.25) is 0 Å². The van der Waals surface area contributed by atoms with Crippen molar-refractivity contribution in [3.8, 4) is 11.4 Å². The standard InChI is InChI=1S/C22H24N10O.H2S/c1-5-12(20-23-7-6-8-24-20)26-19-17(22(33)29-15-11-32(4)30-18(15)19)21-27-13-9-16(31(2)3)25-10-14(13)28-21;/h6-12,26H,5H2,1-4H3,(H,27,28)(H,29,33);1H2/t12-;/m0./s1. The van der Waals surface area contributed by atoms with Crippen molar-refractivity contribution in [2.45, 2.75) is 19.4 Å². The number of nitrogens with zero attached hydrogens (tertiary/aromatic N) is 7. The lowest BCUT2D eigenvalue weighted by atomic mass is 10.1. The highest BCUT2D eigenvalue weighted by Crippen LogP contribution is 2.33. The third-order valence-electron chi connectivity index (χ3n) is 5.46. The van der Waals surface area contributed by atoms with E-state index in [2.05, 4.69) is 35.3 Å². The zero-order valence-electron chi connectivity index (χ0n) is 19.3. The summed E-state index contributed by atoms with van der Waals surface area (Å²) >= 11 is 0. The summed E-state index contributed by atoms with van der Waals surface area (Å²) in [4.78, 5) is 39.3. The summed E-state index contributed by atoms with van der Waals surface area (Å²) in [5.74, 6) is 1.85. The fourth-order valence-corrected chi connectivity index (χ4v) is 3.82. The Morgan fingerprint density at radius 3 is 2.62 bits per heavy atom. The molecule has 0 saturated heterocycles. The Morgan fingerprint density at radius 1 is 1.15 bits per heavy atom. The second kappa shape index (κ2) is 9.14. The third-order valence-corrected chi connectivity index (χ3v) is 5.46. The Balaban J connectivity index is 0.00000274. The van der Waals surface area contributed by atoms with Gasteiger partial charge in [0.05, 0.1) is 34.5 Å². The molecule has 12 heteroatoms. The first-order chi connectivity index (χ1) is 15.9. The summed E-state index contributed by atoms with van der Waals surface area (Å²) in [7, 11) is 5.65. The Bertz CT molecular complexity index is 1510. The Labute approximate surface area is 202 Å². The van der Waals surface area contributed by atoms with E-state index in [1.165, 1.54) is 0 Å². The first-order valence-electron chi connectivity index (χ1n) is 10.6. The van der Waals surface area contributed by atoms with Crippen molar-refractivity contribution in [1.82, 2.24) is 39.7 Å². The number of hydrogen-bond donors (Lipinski definition) is 3. The second-order valence-corrected chi connectivity index (χ2v) is 8.02. The maximum absolute atomic E-state index is 13.3. The highest BCUT2D eigenvalue weighted by molar-refractivity contribution is 7.59. The molecule has 0 aliphatic carbocycles. The zero-order valence-corrected chi connectivity index (χ0v) is 20.3. The Kier molecular flexibility index (Phi) is 6.24. The molecule has 5 aromatic rings. The predicted molar refractivity (Wildman–Crippen MR) is 138 cm³/mol. The minimum atomic E-state index is -0.276. The van der Waals surface area contributed by atoms with Crippen molar-refractivity contribution in [1.29, 1.82) is 0 Å². The van der Waals surface area contributed by atoms with E-state index in [0.717, 1.165) is 11.3 Å². The van der Waals surface area contributed by atoms with Gasteiger partial charge in [-0.25, -0.2) is 19.9 Å². The van der Waals surface area contributed by atoms with Gasteiger partial charge in [-0.2, -0.15) is 18.6 Å². The normalized spacial score (nSPS) is 12.0. The van der Waals surface area contributed by atoms with Crippen molar-refractivity contribution in [2.24, 2.45) is 7.05 Å². The van der Waals surface area contributed by atoms with Gasteiger partial charge in [-0.1, -0.05) is 6.92 Å². The number of nitrogens with one attached hydrogen (secondary N) is 3. The minimum absolute atomic E-state index is 0. The topological polar surface area (TPSA) is 133 Å². The predicted octanol–water partition coefficient (Wildman–Crippen LogP) is 2.73. The molecule has 0 aliphatic heterocycles. The lowest BCUT2D eigenvalue weighted by Crippen LogP contribution is -2.18. The number of H-pyrrole nitrogens is 2. The number of anilines is 2. The molecule has 5 rings (SSSR count). The van der Waals surface area contributed by atoms with E-state index in [4.69, 9.17) is 4.98 Å². The van der Waals surface area contributed by atoms with Crippen LogP contribution in [0.4, 0.5) is 11.5 Å². The maximum atomic E-state index is 13.3. The van der Waals surface area contributed by atoms with Crippen LogP contribution in [0.25, 0.3) is 33.5 Å². The summed E-state index contributed by atoms with van der Waals surface area (Å²) in [5.41, 5.74) is 3.39. The zero-order chi connectivity index (χ0) is 23.1. The van der Waals surface area contributed by atoms with Crippen LogP contribution in [0.5, 0.6) is 0 Å². The first-order valence-corrected chi connectivity index (χ1v) is 10.6. The lowest BCUT2D eigenvalue weighted by Gasteiger charge is -2.18. The molecule has 176 valence electrons. The number of rotatable bonds is 6. The number of fused-ring (bicyclic) bond motifs is 2. The van der Waals surface area contributed by atoms with Crippen molar-refractivity contribution in [3.05, 3.63) is 53.1 Å².